The lowest BCUT2D eigenvalue weighted by Crippen LogP contribution is -2.41. The van der Waals surface area contributed by atoms with Crippen LogP contribution in [0.1, 0.15) is 54.4 Å². The van der Waals surface area contributed by atoms with Crippen LogP contribution in [0.15, 0.2) is 48.8 Å². The predicted molar refractivity (Wildman–Crippen MR) is 123 cm³/mol. The molecule has 1 amide bonds. The van der Waals surface area contributed by atoms with Gasteiger partial charge >= 0.3 is 0 Å². The number of fused-ring (bicyclic) bond motifs is 1. The fraction of sp³-hybridized carbons (Fsp3) is 0.440. The Morgan fingerprint density at radius 1 is 1.06 bits per heavy atom. The van der Waals surface area contributed by atoms with Crippen LogP contribution in [-0.4, -0.2) is 43.6 Å². The number of hydrogen-bond acceptors (Lipinski definition) is 5. The highest BCUT2D eigenvalue weighted by atomic mass is 16.2. The van der Waals surface area contributed by atoms with Crippen molar-refractivity contribution < 1.29 is 4.79 Å². The molecular weight excluding hydrogens is 400 g/mol. The highest BCUT2D eigenvalue weighted by Crippen LogP contribution is 2.34. The molecule has 2 aromatic heterocycles. The molecule has 1 unspecified atom stereocenters. The molecule has 3 aromatic rings. The van der Waals surface area contributed by atoms with E-state index < -0.39 is 0 Å². The van der Waals surface area contributed by atoms with Gasteiger partial charge in [0.15, 0.2) is 5.82 Å². The maximum atomic E-state index is 13.1. The zero-order chi connectivity index (χ0) is 21.9. The van der Waals surface area contributed by atoms with E-state index in [0.717, 1.165) is 69.1 Å². The highest BCUT2D eigenvalue weighted by molar-refractivity contribution is 5.76. The molecule has 1 aromatic carbocycles. The van der Waals surface area contributed by atoms with Crippen molar-refractivity contribution in [2.45, 2.75) is 58.2 Å². The van der Waals surface area contributed by atoms with E-state index in [1.165, 1.54) is 11.1 Å². The molecule has 0 N–H and O–H groups in total. The number of benzene rings is 1. The summed E-state index contributed by atoms with van der Waals surface area (Å²) in [5.74, 6) is 1.92. The third-order valence-electron chi connectivity index (χ3n) is 6.56. The molecule has 1 saturated heterocycles. The molecule has 166 valence electrons. The Morgan fingerprint density at radius 3 is 2.75 bits per heavy atom. The van der Waals surface area contributed by atoms with Gasteiger partial charge in [-0.2, -0.15) is 5.10 Å². The fourth-order valence-electron chi connectivity index (χ4n) is 4.94. The van der Waals surface area contributed by atoms with Gasteiger partial charge in [-0.3, -0.25) is 9.48 Å². The number of amides is 1. The first kappa shape index (κ1) is 20.7. The number of aromatic nitrogens is 4. The number of rotatable bonds is 5. The number of carbonyl (C=O) groups excluding carboxylic acids is 1. The Balaban J connectivity index is 1.44. The molecule has 2 aliphatic heterocycles. The molecule has 7 heteroatoms. The maximum Gasteiger partial charge on any atom is 0.244 e. The number of hydrogen-bond donors (Lipinski definition) is 0. The molecule has 1 fully saturated rings. The number of nitrogens with zero attached hydrogens (tertiary/aromatic N) is 6. The van der Waals surface area contributed by atoms with Gasteiger partial charge in [-0.25, -0.2) is 9.97 Å². The summed E-state index contributed by atoms with van der Waals surface area (Å²) in [4.78, 5) is 27.5. The van der Waals surface area contributed by atoms with Gasteiger partial charge in [-0.05, 0) is 50.7 Å². The monoisotopic (exact) mass is 430 g/mol. The second kappa shape index (κ2) is 9.10. The van der Waals surface area contributed by atoms with Crippen LogP contribution < -0.4 is 4.90 Å². The van der Waals surface area contributed by atoms with Gasteiger partial charge in [-0.15, -0.1) is 0 Å². The van der Waals surface area contributed by atoms with Gasteiger partial charge in [0.2, 0.25) is 5.91 Å². The summed E-state index contributed by atoms with van der Waals surface area (Å²) < 4.78 is 1.69. The lowest BCUT2D eigenvalue weighted by atomic mass is 9.99. The number of anilines is 1. The van der Waals surface area contributed by atoms with Crippen molar-refractivity contribution in [1.82, 2.24) is 24.6 Å². The van der Waals surface area contributed by atoms with Crippen molar-refractivity contribution in [3.05, 3.63) is 71.4 Å². The van der Waals surface area contributed by atoms with Gasteiger partial charge in [0.1, 0.15) is 12.4 Å². The lowest BCUT2D eigenvalue weighted by molar-refractivity contribution is -0.136. The molecule has 5 rings (SSSR count). The van der Waals surface area contributed by atoms with E-state index >= 15 is 0 Å². The van der Waals surface area contributed by atoms with E-state index in [9.17, 15) is 4.79 Å². The largest absolute Gasteiger partial charge is 0.352 e. The molecule has 0 saturated carbocycles. The molecule has 0 bridgehead atoms. The zero-order valence-electron chi connectivity index (χ0n) is 18.7. The van der Waals surface area contributed by atoms with Crippen molar-refractivity contribution in [3.8, 4) is 0 Å². The average molecular weight is 431 g/mol. The van der Waals surface area contributed by atoms with Crippen LogP contribution in [0, 0.1) is 6.92 Å². The standard InChI is InChI=1S/C25H30N6O/c1-19-21-11-7-14-29(17-20-9-3-2-4-10-20)25(21)28-24(27-19)22-12-5-6-16-31(22)23(32)18-30-15-8-13-26-30/h2-4,8-10,13,15,22H,5-7,11-12,14,16-18H2,1H3. The van der Waals surface area contributed by atoms with Crippen molar-refractivity contribution in [2.24, 2.45) is 0 Å². The summed E-state index contributed by atoms with van der Waals surface area (Å²) in [7, 11) is 0. The van der Waals surface area contributed by atoms with E-state index in [-0.39, 0.29) is 18.5 Å². The minimum atomic E-state index is -0.0729. The Morgan fingerprint density at radius 2 is 1.94 bits per heavy atom. The topological polar surface area (TPSA) is 67.2 Å². The molecule has 32 heavy (non-hydrogen) atoms. The minimum Gasteiger partial charge on any atom is -0.352 e. The summed E-state index contributed by atoms with van der Waals surface area (Å²) in [5.41, 5.74) is 3.58. The van der Waals surface area contributed by atoms with Crippen molar-refractivity contribution in [3.63, 3.8) is 0 Å². The Labute approximate surface area is 189 Å². The van der Waals surface area contributed by atoms with Crippen LogP contribution in [0.2, 0.25) is 0 Å². The normalized spacial score (nSPS) is 18.5. The summed E-state index contributed by atoms with van der Waals surface area (Å²) in [6, 6.07) is 12.3. The van der Waals surface area contributed by atoms with Gasteiger partial charge in [0, 0.05) is 43.3 Å². The Hall–Kier alpha value is -3.22. The summed E-state index contributed by atoms with van der Waals surface area (Å²) in [5, 5.41) is 4.20. The molecule has 0 radical (unpaired) electrons. The summed E-state index contributed by atoms with van der Waals surface area (Å²) in [6.45, 7) is 4.93. The van der Waals surface area contributed by atoms with Crippen molar-refractivity contribution in [2.75, 3.05) is 18.0 Å². The number of carbonyl (C=O) groups is 1. The van der Waals surface area contributed by atoms with E-state index in [1.54, 1.807) is 10.9 Å². The molecule has 7 nitrogen and oxygen atoms in total. The van der Waals surface area contributed by atoms with Crippen LogP contribution in [0.25, 0.3) is 0 Å². The van der Waals surface area contributed by atoms with E-state index in [2.05, 4.69) is 47.3 Å². The third kappa shape index (κ3) is 4.24. The minimum absolute atomic E-state index is 0.0729. The second-order valence-electron chi connectivity index (χ2n) is 8.78. The molecule has 2 aliphatic rings. The molecule has 0 spiro atoms. The van der Waals surface area contributed by atoms with Gasteiger partial charge in [0.05, 0.1) is 6.04 Å². The predicted octanol–water partition coefficient (Wildman–Crippen LogP) is 3.69. The quantitative estimate of drug-likeness (QED) is 0.618. The SMILES string of the molecule is Cc1nc(C2CCCCN2C(=O)Cn2cccn2)nc2c1CCCN2Cc1ccccc1. The molecule has 1 atom stereocenters. The third-order valence-corrected chi connectivity index (χ3v) is 6.56. The lowest BCUT2D eigenvalue weighted by Gasteiger charge is -2.36. The zero-order valence-corrected chi connectivity index (χ0v) is 18.7. The molecule has 4 heterocycles. The molecular formula is C25H30N6O. The van der Waals surface area contributed by atoms with Crippen molar-refractivity contribution >= 4 is 11.7 Å². The molecule has 0 aliphatic carbocycles. The maximum absolute atomic E-state index is 13.1. The number of aryl methyl sites for hydroxylation is 1. The summed E-state index contributed by atoms with van der Waals surface area (Å²) >= 11 is 0. The van der Waals surface area contributed by atoms with Gasteiger partial charge in [0.25, 0.3) is 0 Å². The smallest absolute Gasteiger partial charge is 0.244 e. The fourth-order valence-corrected chi connectivity index (χ4v) is 4.94. The van der Waals surface area contributed by atoms with Crippen LogP contribution in [0.3, 0.4) is 0 Å². The highest BCUT2D eigenvalue weighted by Gasteiger charge is 2.32. The van der Waals surface area contributed by atoms with Gasteiger partial charge in [-0.1, -0.05) is 30.3 Å². The van der Waals surface area contributed by atoms with E-state index in [0.29, 0.717) is 0 Å². The first-order valence-corrected chi connectivity index (χ1v) is 11.6. The van der Waals surface area contributed by atoms with Crippen LogP contribution >= 0.6 is 0 Å². The van der Waals surface area contributed by atoms with E-state index in [4.69, 9.17) is 9.97 Å². The first-order chi connectivity index (χ1) is 15.7. The first-order valence-electron chi connectivity index (χ1n) is 11.6. The van der Waals surface area contributed by atoms with Crippen LogP contribution in [0.4, 0.5) is 5.82 Å². The van der Waals surface area contributed by atoms with E-state index in [1.807, 2.05) is 17.2 Å². The number of piperidine rings is 1. The Kier molecular flexibility index (Phi) is 5.88. The second-order valence-corrected chi connectivity index (χ2v) is 8.78. The average Bonchev–Trinajstić information content (AvgIpc) is 3.33. The summed E-state index contributed by atoms with van der Waals surface area (Å²) in [6.07, 6.45) is 8.67. The van der Waals surface area contributed by atoms with Crippen LogP contribution in [0.5, 0.6) is 0 Å². The van der Waals surface area contributed by atoms with Crippen LogP contribution in [-0.2, 0) is 24.3 Å². The number of likely N-dealkylation sites (tertiary alicyclic amines) is 1. The van der Waals surface area contributed by atoms with Crippen molar-refractivity contribution in [1.29, 1.82) is 0 Å². The van der Waals surface area contributed by atoms with Gasteiger partial charge < -0.3 is 9.80 Å². The Bertz CT molecular complexity index is 1070.